The van der Waals surface area contributed by atoms with Crippen LogP contribution in [0.25, 0.3) is 16.9 Å². The monoisotopic (exact) mass is 522 g/mol. The molecule has 1 saturated carbocycles. The molecule has 2 aliphatic rings. The molecule has 2 fully saturated rings. The van der Waals surface area contributed by atoms with Gasteiger partial charge in [0.2, 0.25) is 0 Å². The van der Waals surface area contributed by atoms with Crippen LogP contribution in [0.5, 0.6) is 11.5 Å². The maximum atomic E-state index is 13.9. The first-order valence-electron chi connectivity index (χ1n) is 12.6. The van der Waals surface area contributed by atoms with Gasteiger partial charge in [-0.2, -0.15) is 5.26 Å². The molecule has 11 nitrogen and oxygen atoms in total. The lowest BCUT2D eigenvalue weighted by molar-refractivity contribution is -0.125. The third kappa shape index (κ3) is 4.51. The van der Waals surface area contributed by atoms with E-state index in [1.54, 1.807) is 39.8 Å². The molecule has 1 aliphatic carbocycles. The summed E-state index contributed by atoms with van der Waals surface area (Å²) in [6.07, 6.45) is 4.91. The number of imidazole rings is 1. The van der Waals surface area contributed by atoms with Crippen LogP contribution in [0.15, 0.2) is 77.4 Å². The Morgan fingerprint density at radius 1 is 1.10 bits per heavy atom. The summed E-state index contributed by atoms with van der Waals surface area (Å²) in [5.41, 5.74) is 12.8. The van der Waals surface area contributed by atoms with Gasteiger partial charge in [-0.15, -0.1) is 0 Å². The average molecular weight is 523 g/mol. The molecule has 6 rings (SSSR count). The molecule has 1 atom stereocenters. The topological polar surface area (TPSA) is 158 Å². The lowest BCUT2D eigenvalue weighted by Crippen LogP contribution is -2.33. The molecule has 2 aromatic carbocycles. The van der Waals surface area contributed by atoms with E-state index in [1.807, 2.05) is 36.4 Å². The zero-order chi connectivity index (χ0) is 27.1. The second-order valence-electron chi connectivity index (χ2n) is 9.92. The van der Waals surface area contributed by atoms with Crippen LogP contribution in [0, 0.1) is 11.3 Å². The Kier molecular flexibility index (Phi) is 5.89. The number of carbonyl (C=O) groups excluding carboxylic acids is 1. The highest BCUT2D eigenvalue weighted by atomic mass is 16.5. The zero-order valence-electron chi connectivity index (χ0n) is 21.0. The smallest absolute Gasteiger partial charge is 0.335 e. The lowest BCUT2D eigenvalue weighted by atomic mass is 10.1. The number of hydrogen-bond acceptors (Lipinski definition) is 8. The first-order chi connectivity index (χ1) is 18.9. The van der Waals surface area contributed by atoms with E-state index < -0.39 is 5.54 Å². The molecule has 1 saturated heterocycles. The van der Waals surface area contributed by atoms with E-state index in [0.29, 0.717) is 41.3 Å². The molecule has 1 aliphatic heterocycles. The standard InChI is InChI=1S/C28H26N8O3/c29-15-18(14-28(31)11-12-28)26(37)34-13-10-20(16-34)36-25-23(24(30)32-17-33-25)35(27(36)38)19-6-8-22(9-7-19)39-21-4-2-1-3-5-21/h1-9,14,17,20H,10-13,16,31H2,(H2,30,32,33)/t20-/m0/s1. The molecule has 4 N–H and O–H groups in total. The quantitative estimate of drug-likeness (QED) is 0.289. The van der Waals surface area contributed by atoms with E-state index in [1.165, 1.54) is 10.9 Å². The molecule has 0 unspecified atom stereocenters. The Hall–Kier alpha value is -4.95. The third-order valence-electron chi connectivity index (χ3n) is 7.18. The average Bonchev–Trinajstić information content (AvgIpc) is 3.34. The summed E-state index contributed by atoms with van der Waals surface area (Å²) in [6, 6.07) is 18.1. The van der Waals surface area contributed by atoms with E-state index in [4.69, 9.17) is 16.2 Å². The number of amides is 1. The van der Waals surface area contributed by atoms with E-state index in [0.717, 1.165) is 12.8 Å². The van der Waals surface area contributed by atoms with Crippen molar-refractivity contribution in [3.63, 3.8) is 0 Å². The molecule has 0 bridgehead atoms. The van der Waals surface area contributed by atoms with Gasteiger partial charge in [0.25, 0.3) is 5.91 Å². The predicted octanol–water partition coefficient (Wildman–Crippen LogP) is 2.67. The van der Waals surface area contributed by atoms with Gasteiger partial charge in [-0.1, -0.05) is 18.2 Å². The van der Waals surface area contributed by atoms with Gasteiger partial charge in [-0.3, -0.25) is 13.9 Å². The van der Waals surface area contributed by atoms with Crippen LogP contribution in [0.3, 0.4) is 0 Å². The maximum Gasteiger partial charge on any atom is 0.335 e. The summed E-state index contributed by atoms with van der Waals surface area (Å²) in [5, 5.41) is 9.56. The first-order valence-corrected chi connectivity index (χ1v) is 12.6. The fraction of sp³-hybridized carbons (Fsp3) is 0.250. The molecule has 1 amide bonds. The number of carbonyl (C=O) groups is 1. The minimum absolute atomic E-state index is 0.0369. The minimum atomic E-state index is -0.569. The van der Waals surface area contributed by atoms with Crippen molar-refractivity contribution in [2.75, 3.05) is 18.8 Å². The predicted molar refractivity (Wildman–Crippen MR) is 144 cm³/mol. The molecule has 11 heteroatoms. The molecule has 2 aromatic heterocycles. The highest BCUT2D eigenvalue weighted by Gasteiger charge is 2.39. The van der Waals surface area contributed by atoms with Gasteiger partial charge in [0.05, 0.1) is 11.7 Å². The third-order valence-corrected chi connectivity index (χ3v) is 7.18. The van der Waals surface area contributed by atoms with Gasteiger partial charge >= 0.3 is 5.69 Å². The summed E-state index contributed by atoms with van der Waals surface area (Å²) >= 11 is 0. The number of para-hydroxylation sites is 1. The Morgan fingerprint density at radius 2 is 1.82 bits per heavy atom. The van der Waals surface area contributed by atoms with Gasteiger partial charge in [-0.25, -0.2) is 14.8 Å². The molecule has 0 radical (unpaired) electrons. The minimum Gasteiger partial charge on any atom is -0.457 e. The van der Waals surface area contributed by atoms with Gasteiger partial charge in [0.1, 0.15) is 35.0 Å². The number of nitrogens with zero attached hydrogens (tertiary/aromatic N) is 6. The highest BCUT2D eigenvalue weighted by molar-refractivity contribution is 5.97. The molecule has 4 aromatic rings. The molecular formula is C28H26N8O3. The van der Waals surface area contributed by atoms with Crippen molar-refractivity contribution >= 4 is 22.9 Å². The number of ether oxygens (including phenoxy) is 1. The SMILES string of the molecule is N#CC(=CC1(N)CC1)C(=O)N1CC[C@H](n2c(=O)n(-c3ccc(Oc4ccccc4)cc3)c3c(N)ncnc32)C1. The van der Waals surface area contributed by atoms with Gasteiger partial charge < -0.3 is 21.1 Å². The van der Waals surface area contributed by atoms with Crippen LogP contribution in [0.2, 0.25) is 0 Å². The Labute approximate surface area is 223 Å². The maximum absolute atomic E-state index is 13.9. The van der Waals surface area contributed by atoms with Crippen molar-refractivity contribution in [2.24, 2.45) is 5.73 Å². The van der Waals surface area contributed by atoms with Crippen molar-refractivity contribution in [3.05, 3.63) is 83.1 Å². The normalized spacial score (nSPS) is 18.2. The van der Waals surface area contributed by atoms with Crippen LogP contribution < -0.4 is 21.9 Å². The lowest BCUT2D eigenvalue weighted by Gasteiger charge is -2.17. The number of nitriles is 1. The zero-order valence-corrected chi connectivity index (χ0v) is 21.0. The molecule has 3 heterocycles. The number of likely N-dealkylation sites (tertiary alicyclic amines) is 1. The fourth-order valence-corrected chi connectivity index (χ4v) is 4.95. The van der Waals surface area contributed by atoms with Gasteiger partial charge in [0, 0.05) is 18.6 Å². The van der Waals surface area contributed by atoms with Crippen molar-refractivity contribution in [1.29, 1.82) is 5.26 Å². The number of rotatable bonds is 6. The van der Waals surface area contributed by atoms with E-state index in [-0.39, 0.29) is 35.6 Å². The van der Waals surface area contributed by atoms with Crippen LogP contribution in [-0.4, -0.2) is 48.5 Å². The summed E-state index contributed by atoms with van der Waals surface area (Å²) in [4.78, 5) is 37.0. The molecule has 0 spiro atoms. The Bertz CT molecular complexity index is 1700. The number of fused-ring (bicyclic) bond motifs is 1. The molecule has 196 valence electrons. The van der Waals surface area contributed by atoms with Crippen LogP contribution in [-0.2, 0) is 4.79 Å². The molecular weight excluding hydrogens is 496 g/mol. The van der Waals surface area contributed by atoms with E-state index >= 15 is 0 Å². The van der Waals surface area contributed by atoms with Crippen LogP contribution >= 0.6 is 0 Å². The summed E-state index contributed by atoms with van der Waals surface area (Å²) in [7, 11) is 0. The number of benzene rings is 2. The van der Waals surface area contributed by atoms with E-state index in [2.05, 4.69) is 9.97 Å². The van der Waals surface area contributed by atoms with Crippen LogP contribution in [0.1, 0.15) is 25.3 Å². The Balaban J connectivity index is 1.32. The largest absolute Gasteiger partial charge is 0.457 e. The number of nitrogens with two attached hydrogens (primary N) is 2. The Morgan fingerprint density at radius 3 is 2.51 bits per heavy atom. The fourth-order valence-electron chi connectivity index (χ4n) is 4.95. The summed E-state index contributed by atoms with van der Waals surface area (Å²) in [6.45, 7) is 0.646. The van der Waals surface area contributed by atoms with E-state index in [9.17, 15) is 14.9 Å². The van der Waals surface area contributed by atoms with Gasteiger partial charge in [0.15, 0.2) is 11.5 Å². The molecule has 39 heavy (non-hydrogen) atoms. The van der Waals surface area contributed by atoms with Crippen molar-refractivity contribution in [3.8, 4) is 23.3 Å². The second-order valence-corrected chi connectivity index (χ2v) is 9.92. The number of nitrogen functional groups attached to an aromatic ring is 1. The van der Waals surface area contributed by atoms with Crippen LogP contribution in [0.4, 0.5) is 5.82 Å². The van der Waals surface area contributed by atoms with Crippen molar-refractivity contribution in [2.45, 2.75) is 30.8 Å². The number of anilines is 1. The summed E-state index contributed by atoms with van der Waals surface area (Å²) in [5.74, 6) is 1.10. The van der Waals surface area contributed by atoms with Crippen molar-refractivity contribution in [1.82, 2.24) is 24.0 Å². The number of hydrogen-bond donors (Lipinski definition) is 2. The number of aromatic nitrogens is 4. The first kappa shape index (κ1) is 24.4. The second kappa shape index (κ2) is 9.41. The van der Waals surface area contributed by atoms with Gasteiger partial charge in [-0.05, 0) is 61.7 Å². The summed E-state index contributed by atoms with van der Waals surface area (Å²) < 4.78 is 8.92. The highest BCUT2D eigenvalue weighted by Crippen LogP contribution is 2.35. The van der Waals surface area contributed by atoms with Crippen molar-refractivity contribution < 1.29 is 9.53 Å².